The van der Waals surface area contributed by atoms with Gasteiger partial charge in [-0.15, -0.1) is 0 Å². The normalized spacial score (nSPS) is 12.8. The Morgan fingerprint density at radius 1 is 1.10 bits per heavy atom. The molecule has 1 aromatic heterocycles. The molecule has 0 aliphatic heterocycles. The van der Waals surface area contributed by atoms with Crippen LogP contribution in [0.2, 0.25) is 0 Å². The van der Waals surface area contributed by atoms with Crippen molar-refractivity contribution >= 4 is 32.9 Å². The van der Waals surface area contributed by atoms with Gasteiger partial charge >= 0.3 is 0 Å². The third-order valence-electron chi connectivity index (χ3n) is 4.72. The summed E-state index contributed by atoms with van der Waals surface area (Å²) in [5.41, 5.74) is 2.14. The van der Waals surface area contributed by atoms with Crippen molar-refractivity contribution < 1.29 is 13.2 Å². The second kappa shape index (κ2) is 8.75. The van der Waals surface area contributed by atoms with Crippen molar-refractivity contribution in [1.82, 2.24) is 14.3 Å². The van der Waals surface area contributed by atoms with Crippen LogP contribution in [0.5, 0.6) is 0 Å². The third kappa shape index (κ3) is 4.65. The Balaban J connectivity index is 1.82. The lowest BCUT2D eigenvalue weighted by Gasteiger charge is -2.12. The molecule has 0 saturated heterocycles. The molecule has 2 aromatic carbocycles. The molecular formula is C21H26N4O3S. The molecule has 1 heterocycles. The van der Waals surface area contributed by atoms with Crippen LogP contribution in [-0.4, -0.2) is 29.9 Å². The van der Waals surface area contributed by atoms with Gasteiger partial charge in [-0.25, -0.2) is 18.1 Å². The fourth-order valence-corrected chi connectivity index (χ4v) is 4.32. The quantitative estimate of drug-likeness (QED) is 0.587. The summed E-state index contributed by atoms with van der Waals surface area (Å²) in [7, 11) is -3.60. The molecule has 0 spiro atoms. The van der Waals surface area contributed by atoms with Gasteiger partial charge < -0.3 is 4.57 Å². The Bertz CT molecular complexity index is 1100. The molecular weight excluding hydrogens is 388 g/mol. The van der Waals surface area contributed by atoms with Crippen molar-refractivity contribution in [3.05, 3.63) is 54.1 Å². The molecule has 0 aliphatic carbocycles. The van der Waals surface area contributed by atoms with Gasteiger partial charge in [-0.1, -0.05) is 26.0 Å². The van der Waals surface area contributed by atoms with Crippen LogP contribution in [-0.2, 0) is 16.6 Å². The number of nitrogens with zero attached hydrogens (tertiary/aromatic N) is 2. The van der Waals surface area contributed by atoms with Gasteiger partial charge in [0.2, 0.25) is 16.0 Å². The lowest BCUT2D eigenvalue weighted by molar-refractivity contribution is 0.102. The van der Waals surface area contributed by atoms with Crippen LogP contribution in [0, 0.1) is 0 Å². The first-order valence-corrected chi connectivity index (χ1v) is 11.2. The van der Waals surface area contributed by atoms with Crippen molar-refractivity contribution in [2.24, 2.45) is 0 Å². The van der Waals surface area contributed by atoms with E-state index in [9.17, 15) is 13.2 Å². The van der Waals surface area contributed by atoms with Crippen molar-refractivity contribution in [3.63, 3.8) is 0 Å². The van der Waals surface area contributed by atoms with Crippen molar-refractivity contribution in [3.8, 4) is 0 Å². The first-order valence-electron chi connectivity index (χ1n) is 9.74. The maximum atomic E-state index is 12.7. The van der Waals surface area contributed by atoms with Crippen molar-refractivity contribution in [2.45, 2.75) is 51.1 Å². The minimum Gasteiger partial charge on any atom is -0.310 e. The Morgan fingerprint density at radius 2 is 1.79 bits per heavy atom. The first kappa shape index (κ1) is 21.0. The number of imidazole rings is 1. The lowest BCUT2D eigenvalue weighted by Crippen LogP contribution is -2.32. The minimum absolute atomic E-state index is 0.132. The van der Waals surface area contributed by atoms with Crippen LogP contribution in [0.1, 0.15) is 44.0 Å². The summed E-state index contributed by atoms with van der Waals surface area (Å²) >= 11 is 0. The van der Waals surface area contributed by atoms with Gasteiger partial charge in [-0.2, -0.15) is 0 Å². The monoisotopic (exact) mass is 414 g/mol. The molecule has 2 N–H and O–H groups in total. The predicted molar refractivity (Wildman–Crippen MR) is 114 cm³/mol. The average molecular weight is 415 g/mol. The van der Waals surface area contributed by atoms with Crippen LogP contribution < -0.4 is 10.0 Å². The van der Waals surface area contributed by atoms with Gasteiger partial charge in [-0.05, 0) is 56.2 Å². The molecule has 0 bridgehead atoms. The molecule has 0 aliphatic rings. The number of carbonyl (C=O) groups excluding carboxylic acids is 1. The molecule has 1 atom stereocenters. The summed E-state index contributed by atoms with van der Waals surface area (Å²) in [5.74, 6) is 0.143. The van der Waals surface area contributed by atoms with E-state index in [0.29, 0.717) is 17.9 Å². The highest BCUT2D eigenvalue weighted by Crippen LogP contribution is 2.21. The lowest BCUT2D eigenvalue weighted by atomic mass is 10.2. The molecule has 154 valence electrons. The van der Waals surface area contributed by atoms with E-state index in [1.807, 2.05) is 42.7 Å². The molecule has 1 amide bonds. The number of benzene rings is 2. The third-order valence-corrected chi connectivity index (χ3v) is 6.33. The summed E-state index contributed by atoms with van der Waals surface area (Å²) in [4.78, 5) is 17.4. The zero-order valence-electron chi connectivity index (χ0n) is 16.8. The molecule has 3 aromatic rings. The number of sulfonamides is 1. The Hall–Kier alpha value is -2.71. The van der Waals surface area contributed by atoms with E-state index >= 15 is 0 Å². The Morgan fingerprint density at radius 3 is 2.45 bits per heavy atom. The van der Waals surface area contributed by atoms with E-state index in [0.717, 1.165) is 24.0 Å². The summed E-state index contributed by atoms with van der Waals surface area (Å²) in [5, 5.41) is 2.85. The van der Waals surface area contributed by atoms with Gasteiger partial charge in [0.25, 0.3) is 5.91 Å². The standard InChI is InChI=1S/C21H26N4O3S/c1-4-14-25-19-9-7-6-8-18(19)22-21(25)23-20(26)16-10-12-17(13-11-16)29(27,28)24-15(3)5-2/h6-13,15,24H,4-5,14H2,1-3H3,(H,22,23,26). The second-order valence-corrected chi connectivity index (χ2v) is 8.70. The van der Waals surface area contributed by atoms with E-state index in [4.69, 9.17) is 0 Å². The molecule has 8 heteroatoms. The highest BCUT2D eigenvalue weighted by Gasteiger charge is 2.18. The maximum absolute atomic E-state index is 12.7. The summed E-state index contributed by atoms with van der Waals surface area (Å²) in [6.07, 6.45) is 1.59. The SMILES string of the molecule is CCCn1c(NC(=O)c2ccc(S(=O)(=O)NC(C)CC)cc2)nc2ccccc21. The van der Waals surface area contributed by atoms with Gasteiger partial charge in [0.15, 0.2) is 0 Å². The maximum Gasteiger partial charge on any atom is 0.257 e. The first-order chi connectivity index (χ1) is 13.9. The van der Waals surface area contributed by atoms with E-state index in [2.05, 4.69) is 21.9 Å². The zero-order chi connectivity index (χ0) is 21.0. The number of anilines is 1. The Kier molecular flexibility index (Phi) is 6.34. The fraction of sp³-hybridized carbons (Fsp3) is 0.333. The fourth-order valence-electron chi connectivity index (χ4n) is 3.00. The van der Waals surface area contributed by atoms with Crippen molar-refractivity contribution in [2.75, 3.05) is 5.32 Å². The number of nitrogens with one attached hydrogen (secondary N) is 2. The highest BCUT2D eigenvalue weighted by molar-refractivity contribution is 7.89. The number of rotatable bonds is 8. The average Bonchev–Trinajstić information content (AvgIpc) is 3.05. The van der Waals surface area contributed by atoms with Gasteiger partial charge in [0.05, 0.1) is 15.9 Å². The molecule has 1 unspecified atom stereocenters. The van der Waals surface area contributed by atoms with Gasteiger partial charge in [-0.3, -0.25) is 10.1 Å². The van der Waals surface area contributed by atoms with Crippen LogP contribution in [0.3, 0.4) is 0 Å². The van der Waals surface area contributed by atoms with Crippen molar-refractivity contribution in [1.29, 1.82) is 0 Å². The minimum atomic E-state index is -3.60. The number of hydrogen-bond acceptors (Lipinski definition) is 4. The zero-order valence-corrected chi connectivity index (χ0v) is 17.7. The summed E-state index contributed by atoms with van der Waals surface area (Å²) in [6.45, 7) is 6.51. The van der Waals surface area contributed by atoms with Crippen LogP contribution >= 0.6 is 0 Å². The predicted octanol–water partition coefficient (Wildman–Crippen LogP) is 3.78. The molecule has 0 radical (unpaired) electrons. The molecule has 3 rings (SSSR count). The van der Waals surface area contributed by atoms with E-state index < -0.39 is 10.0 Å². The second-order valence-electron chi connectivity index (χ2n) is 6.98. The molecule has 29 heavy (non-hydrogen) atoms. The van der Waals surface area contributed by atoms with Crippen LogP contribution in [0.15, 0.2) is 53.4 Å². The van der Waals surface area contributed by atoms with Crippen LogP contribution in [0.25, 0.3) is 11.0 Å². The number of para-hydroxylation sites is 2. The number of hydrogen-bond donors (Lipinski definition) is 2. The number of carbonyl (C=O) groups is 1. The summed E-state index contributed by atoms with van der Waals surface area (Å²) in [6, 6.07) is 13.5. The number of amides is 1. The topological polar surface area (TPSA) is 93.1 Å². The van der Waals surface area contributed by atoms with E-state index in [1.54, 1.807) is 0 Å². The van der Waals surface area contributed by atoms with E-state index in [-0.39, 0.29) is 16.8 Å². The summed E-state index contributed by atoms with van der Waals surface area (Å²) < 4.78 is 29.3. The van der Waals surface area contributed by atoms with Gasteiger partial charge in [0, 0.05) is 18.2 Å². The van der Waals surface area contributed by atoms with Crippen LogP contribution in [0.4, 0.5) is 5.95 Å². The Labute approximate surface area is 171 Å². The largest absolute Gasteiger partial charge is 0.310 e. The molecule has 0 fully saturated rings. The van der Waals surface area contributed by atoms with E-state index in [1.165, 1.54) is 24.3 Å². The molecule has 7 nitrogen and oxygen atoms in total. The highest BCUT2D eigenvalue weighted by atomic mass is 32.2. The van der Waals surface area contributed by atoms with Gasteiger partial charge in [0.1, 0.15) is 0 Å². The number of fused-ring (bicyclic) bond motifs is 1. The number of aromatic nitrogens is 2. The number of aryl methyl sites for hydroxylation is 1. The molecule has 0 saturated carbocycles. The smallest absolute Gasteiger partial charge is 0.257 e.